The first-order chi connectivity index (χ1) is 11.7. The molecule has 0 radical (unpaired) electrons. The van der Waals surface area contributed by atoms with E-state index >= 15 is 0 Å². The summed E-state index contributed by atoms with van der Waals surface area (Å²) < 4.78 is 5.78. The topological polar surface area (TPSA) is 102 Å². The third kappa shape index (κ3) is 3.12. The Hall–Kier alpha value is -3.54. The van der Waals surface area contributed by atoms with Gasteiger partial charge in [0.05, 0.1) is 11.3 Å². The van der Waals surface area contributed by atoms with Gasteiger partial charge >= 0.3 is 0 Å². The van der Waals surface area contributed by atoms with Gasteiger partial charge < -0.3 is 16.2 Å². The van der Waals surface area contributed by atoms with E-state index in [2.05, 4.69) is 21.8 Å². The molecule has 0 atom stereocenters. The third-order valence-corrected chi connectivity index (χ3v) is 3.40. The minimum atomic E-state index is 0.260. The first-order valence-corrected chi connectivity index (χ1v) is 7.30. The zero-order valence-corrected chi connectivity index (χ0v) is 12.9. The summed E-state index contributed by atoms with van der Waals surface area (Å²) >= 11 is 0. The Morgan fingerprint density at radius 2 is 1.75 bits per heavy atom. The molecular formula is C18H17N5O. The number of H-pyrrole nitrogens is 1. The van der Waals surface area contributed by atoms with Gasteiger partial charge in [-0.3, -0.25) is 5.10 Å². The maximum Gasteiger partial charge on any atom is 0.156 e. The number of aromatic amines is 1. The van der Waals surface area contributed by atoms with Gasteiger partial charge in [-0.1, -0.05) is 24.8 Å². The fraction of sp³-hybridized carbons (Fsp3) is 0. The molecule has 0 saturated carbocycles. The maximum atomic E-state index is 5.94. The van der Waals surface area contributed by atoms with Gasteiger partial charge in [-0.2, -0.15) is 5.10 Å². The predicted molar refractivity (Wildman–Crippen MR) is 95.9 cm³/mol. The number of rotatable bonds is 5. The number of ether oxygens (including phenoxy) is 1. The van der Waals surface area contributed by atoms with Crippen molar-refractivity contribution in [2.24, 2.45) is 10.7 Å². The standard InChI is InChI=1S/C18H17N5O/c1-2-21-17(19)15-16(22-23-18(15)20)12-8-10-14(11-9-12)24-13-6-4-3-5-7-13/h2-11H,1H2,(H2,19,21)(H3,20,22,23). The average molecular weight is 319 g/mol. The van der Waals surface area contributed by atoms with Gasteiger partial charge in [0.25, 0.3) is 0 Å². The number of aromatic nitrogens is 2. The van der Waals surface area contributed by atoms with Crippen molar-refractivity contribution in [3.05, 3.63) is 72.9 Å². The van der Waals surface area contributed by atoms with Gasteiger partial charge in [-0.05, 0) is 36.4 Å². The molecule has 0 bridgehead atoms. The van der Waals surface area contributed by atoms with Crippen LogP contribution < -0.4 is 16.2 Å². The van der Waals surface area contributed by atoms with Gasteiger partial charge in [0.15, 0.2) is 5.82 Å². The van der Waals surface area contributed by atoms with Gasteiger partial charge in [-0.15, -0.1) is 0 Å². The van der Waals surface area contributed by atoms with Gasteiger partial charge in [0.2, 0.25) is 0 Å². The van der Waals surface area contributed by atoms with Crippen LogP contribution in [0, 0.1) is 0 Å². The number of nitrogens with zero attached hydrogens (tertiary/aromatic N) is 2. The van der Waals surface area contributed by atoms with Crippen molar-refractivity contribution in [1.82, 2.24) is 10.2 Å². The predicted octanol–water partition coefficient (Wildman–Crippen LogP) is 3.30. The quantitative estimate of drug-likeness (QED) is 0.496. The number of nitrogen functional groups attached to an aromatic ring is 1. The number of para-hydroxylation sites is 1. The number of hydrogen-bond acceptors (Lipinski definition) is 4. The van der Waals surface area contributed by atoms with Crippen LogP contribution in [0.2, 0.25) is 0 Å². The molecule has 5 N–H and O–H groups in total. The molecule has 0 aliphatic carbocycles. The van der Waals surface area contributed by atoms with Crippen LogP contribution in [-0.2, 0) is 0 Å². The molecule has 0 aliphatic rings. The molecule has 0 unspecified atom stereocenters. The summed E-state index contributed by atoms with van der Waals surface area (Å²) in [5.74, 6) is 2.05. The molecular weight excluding hydrogens is 302 g/mol. The smallest absolute Gasteiger partial charge is 0.156 e. The van der Waals surface area contributed by atoms with Crippen LogP contribution in [0.25, 0.3) is 11.3 Å². The summed E-state index contributed by atoms with van der Waals surface area (Å²) in [6, 6.07) is 17.1. The van der Waals surface area contributed by atoms with Crippen molar-refractivity contribution in [1.29, 1.82) is 0 Å². The number of nitrogens with two attached hydrogens (primary N) is 2. The molecule has 0 saturated heterocycles. The number of anilines is 1. The Balaban J connectivity index is 1.89. The van der Waals surface area contributed by atoms with Crippen LogP contribution in [0.3, 0.4) is 0 Å². The first-order valence-electron chi connectivity index (χ1n) is 7.30. The molecule has 6 nitrogen and oxygen atoms in total. The van der Waals surface area contributed by atoms with Crippen molar-refractivity contribution in [3.63, 3.8) is 0 Å². The van der Waals surface area contributed by atoms with E-state index in [1.54, 1.807) is 0 Å². The fourth-order valence-corrected chi connectivity index (χ4v) is 2.30. The fourth-order valence-electron chi connectivity index (χ4n) is 2.30. The molecule has 0 aliphatic heterocycles. The van der Waals surface area contributed by atoms with Crippen LogP contribution in [0.1, 0.15) is 5.56 Å². The van der Waals surface area contributed by atoms with Crippen molar-refractivity contribution in [2.45, 2.75) is 0 Å². The minimum Gasteiger partial charge on any atom is -0.457 e. The van der Waals surface area contributed by atoms with Crippen molar-refractivity contribution >= 4 is 11.7 Å². The highest BCUT2D eigenvalue weighted by Crippen LogP contribution is 2.28. The largest absolute Gasteiger partial charge is 0.457 e. The van der Waals surface area contributed by atoms with E-state index in [1.807, 2.05) is 54.6 Å². The van der Waals surface area contributed by atoms with Crippen molar-refractivity contribution in [3.8, 4) is 22.8 Å². The van der Waals surface area contributed by atoms with Crippen molar-refractivity contribution in [2.75, 3.05) is 5.73 Å². The van der Waals surface area contributed by atoms with Gasteiger partial charge in [0.1, 0.15) is 17.3 Å². The Bertz CT molecular complexity index is 866. The van der Waals surface area contributed by atoms with Gasteiger partial charge in [-0.25, -0.2) is 4.99 Å². The summed E-state index contributed by atoms with van der Waals surface area (Å²) in [5.41, 5.74) is 13.9. The second-order valence-corrected chi connectivity index (χ2v) is 5.00. The van der Waals surface area contributed by atoms with Crippen molar-refractivity contribution < 1.29 is 4.74 Å². The number of hydrogen-bond donors (Lipinski definition) is 3. The van der Waals surface area contributed by atoms with E-state index < -0.39 is 0 Å². The highest BCUT2D eigenvalue weighted by Gasteiger charge is 2.16. The molecule has 24 heavy (non-hydrogen) atoms. The third-order valence-electron chi connectivity index (χ3n) is 3.40. The van der Waals surface area contributed by atoms with E-state index in [9.17, 15) is 0 Å². The average Bonchev–Trinajstić information content (AvgIpc) is 2.98. The molecule has 0 fully saturated rings. The molecule has 120 valence electrons. The number of nitrogens with one attached hydrogen (secondary N) is 1. The summed E-state index contributed by atoms with van der Waals surface area (Å²) in [5, 5.41) is 6.90. The normalized spacial score (nSPS) is 11.2. The molecule has 3 aromatic rings. The lowest BCUT2D eigenvalue weighted by atomic mass is 10.1. The molecule has 0 amide bonds. The zero-order chi connectivity index (χ0) is 16.9. The molecule has 1 heterocycles. The molecule has 3 rings (SSSR count). The highest BCUT2D eigenvalue weighted by molar-refractivity contribution is 6.06. The number of benzene rings is 2. The van der Waals surface area contributed by atoms with E-state index in [1.165, 1.54) is 6.20 Å². The lowest BCUT2D eigenvalue weighted by Crippen LogP contribution is -2.15. The van der Waals surface area contributed by atoms with Crippen LogP contribution in [0.15, 0.2) is 72.4 Å². The molecule has 6 heteroatoms. The molecule has 0 spiro atoms. The summed E-state index contributed by atoms with van der Waals surface area (Å²) in [6.45, 7) is 3.54. The Morgan fingerprint density at radius 3 is 2.42 bits per heavy atom. The summed E-state index contributed by atoms with van der Waals surface area (Å²) in [7, 11) is 0. The van der Waals surface area contributed by atoms with Crippen LogP contribution in [0.5, 0.6) is 11.5 Å². The van der Waals surface area contributed by atoms with Crippen LogP contribution in [0.4, 0.5) is 5.82 Å². The molecule has 1 aromatic heterocycles. The summed E-state index contributed by atoms with van der Waals surface area (Å²) in [4.78, 5) is 3.98. The Labute approximate surface area is 139 Å². The van der Waals surface area contributed by atoms with Gasteiger partial charge in [0, 0.05) is 11.8 Å². The maximum absolute atomic E-state index is 5.94. The first kappa shape index (κ1) is 15.4. The van der Waals surface area contributed by atoms with Crippen LogP contribution in [-0.4, -0.2) is 16.0 Å². The lowest BCUT2D eigenvalue weighted by molar-refractivity contribution is 0.483. The minimum absolute atomic E-state index is 0.260. The van der Waals surface area contributed by atoms with E-state index in [0.29, 0.717) is 11.3 Å². The number of aliphatic imine (C=N–C) groups is 1. The number of amidine groups is 1. The Morgan fingerprint density at radius 1 is 1.08 bits per heavy atom. The van der Waals surface area contributed by atoms with E-state index in [4.69, 9.17) is 16.2 Å². The van der Waals surface area contributed by atoms with E-state index in [-0.39, 0.29) is 11.7 Å². The van der Waals surface area contributed by atoms with E-state index in [0.717, 1.165) is 17.1 Å². The molecule has 2 aromatic carbocycles. The summed E-state index contributed by atoms with van der Waals surface area (Å²) in [6.07, 6.45) is 1.36. The second-order valence-electron chi connectivity index (χ2n) is 5.00. The second kappa shape index (κ2) is 6.70. The van der Waals surface area contributed by atoms with Crippen LogP contribution >= 0.6 is 0 Å². The lowest BCUT2D eigenvalue weighted by Gasteiger charge is -2.07. The Kier molecular flexibility index (Phi) is 4.29. The zero-order valence-electron chi connectivity index (χ0n) is 12.9. The SMILES string of the molecule is C=CN=C(N)c1c(N)n[nH]c1-c1ccc(Oc2ccccc2)cc1. The monoisotopic (exact) mass is 319 g/mol. The highest BCUT2D eigenvalue weighted by atomic mass is 16.5.